The number of thioether (sulfide) groups is 1. The molecule has 1 atom stereocenters. The molecule has 28 heavy (non-hydrogen) atoms. The number of alkyl halides is 2. The molecular formula is C20H25F2N2O3S+. The maximum atomic E-state index is 12.3. The highest BCUT2D eigenvalue weighted by Crippen LogP contribution is 2.30. The first-order valence-electron chi connectivity index (χ1n) is 8.70. The number of methoxy groups -OCH3 is 2. The van der Waals surface area contributed by atoms with Crippen LogP contribution in [0.1, 0.15) is 11.1 Å². The topological polar surface area (TPSA) is 52.0 Å². The largest absolute Gasteiger partial charge is 0.493 e. The monoisotopic (exact) mass is 411 g/mol. The Hall–Kier alpha value is -2.32. The number of benzene rings is 2. The predicted octanol–water partition coefficient (Wildman–Crippen LogP) is 2.98. The van der Waals surface area contributed by atoms with Gasteiger partial charge in [-0.2, -0.15) is 8.78 Å². The highest BCUT2D eigenvalue weighted by molar-refractivity contribution is 7.99. The van der Waals surface area contributed by atoms with Gasteiger partial charge in [0.15, 0.2) is 18.0 Å². The average molecular weight is 411 g/mol. The predicted molar refractivity (Wildman–Crippen MR) is 107 cm³/mol. The number of carbonyl (C=O) groups is 1. The molecule has 0 radical (unpaired) electrons. The molecule has 8 heteroatoms. The molecule has 0 saturated heterocycles. The molecule has 2 N–H and O–H groups in total. The molecule has 0 aliphatic rings. The maximum Gasteiger partial charge on any atom is 0.288 e. The molecule has 0 bridgehead atoms. The second-order valence-corrected chi connectivity index (χ2v) is 7.46. The van der Waals surface area contributed by atoms with Gasteiger partial charge in [-0.05, 0) is 48.9 Å². The summed E-state index contributed by atoms with van der Waals surface area (Å²) < 4.78 is 35.3. The van der Waals surface area contributed by atoms with Crippen LogP contribution in [0, 0.1) is 6.92 Å². The minimum absolute atomic E-state index is 0.148. The summed E-state index contributed by atoms with van der Waals surface area (Å²) in [5, 5.41) is 2.79. The molecule has 1 unspecified atom stereocenters. The van der Waals surface area contributed by atoms with Gasteiger partial charge < -0.3 is 19.7 Å². The van der Waals surface area contributed by atoms with Crippen molar-refractivity contribution in [1.29, 1.82) is 0 Å². The fourth-order valence-corrected chi connectivity index (χ4v) is 3.30. The van der Waals surface area contributed by atoms with Crippen molar-refractivity contribution in [3.8, 4) is 11.5 Å². The Bertz CT molecular complexity index is 801. The lowest BCUT2D eigenvalue weighted by atomic mass is 10.1. The van der Waals surface area contributed by atoms with Gasteiger partial charge in [-0.1, -0.05) is 11.8 Å². The van der Waals surface area contributed by atoms with Crippen LogP contribution in [-0.4, -0.2) is 39.5 Å². The molecule has 5 nitrogen and oxygen atoms in total. The van der Waals surface area contributed by atoms with E-state index in [4.69, 9.17) is 9.47 Å². The number of aryl methyl sites for hydroxylation is 1. The second-order valence-electron chi connectivity index (χ2n) is 6.40. The van der Waals surface area contributed by atoms with E-state index < -0.39 is 5.76 Å². The first-order chi connectivity index (χ1) is 13.3. The van der Waals surface area contributed by atoms with E-state index in [-0.39, 0.29) is 12.5 Å². The normalized spacial score (nSPS) is 12.0. The second kappa shape index (κ2) is 10.3. The van der Waals surface area contributed by atoms with Crippen LogP contribution in [-0.2, 0) is 11.3 Å². The van der Waals surface area contributed by atoms with Crippen molar-refractivity contribution in [2.75, 3.05) is 33.1 Å². The van der Waals surface area contributed by atoms with Crippen LogP contribution in [0.5, 0.6) is 11.5 Å². The van der Waals surface area contributed by atoms with E-state index in [1.165, 1.54) is 0 Å². The van der Waals surface area contributed by atoms with Gasteiger partial charge in [-0.25, -0.2) is 0 Å². The number of quaternary nitrogens is 1. The zero-order chi connectivity index (χ0) is 20.7. The quantitative estimate of drug-likeness (QED) is 0.623. The van der Waals surface area contributed by atoms with Crippen LogP contribution in [0.2, 0.25) is 0 Å². The number of halogens is 2. The molecular weight excluding hydrogens is 386 g/mol. The SMILES string of the molecule is COc1cc(C)c(C[NH+](C)CC(=O)Nc2ccc(SC(F)F)cc2)cc1OC. The van der Waals surface area contributed by atoms with Gasteiger partial charge in [0.05, 0.1) is 21.3 Å². The molecule has 0 aromatic heterocycles. The van der Waals surface area contributed by atoms with Crippen LogP contribution in [0.4, 0.5) is 14.5 Å². The van der Waals surface area contributed by atoms with Crippen LogP contribution in [0.3, 0.4) is 0 Å². The van der Waals surface area contributed by atoms with E-state index in [0.29, 0.717) is 40.4 Å². The summed E-state index contributed by atoms with van der Waals surface area (Å²) in [6, 6.07) is 10.2. The van der Waals surface area contributed by atoms with Gasteiger partial charge in [0.25, 0.3) is 11.7 Å². The number of carbonyl (C=O) groups excluding carboxylic acids is 1. The van der Waals surface area contributed by atoms with Gasteiger partial charge in [0, 0.05) is 16.1 Å². The molecule has 0 fully saturated rings. The first kappa shape index (κ1) is 22.0. The van der Waals surface area contributed by atoms with Crippen LogP contribution in [0.25, 0.3) is 0 Å². The van der Waals surface area contributed by atoms with E-state index >= 15 is 0 Å². The van der Waals surface area contributed by atoms with Gasteiger partial charge in [0.2, 0.25) is 0 Å². The van der Waals surface area contributed by atoms with Crippen LogP contribution in [0.15, 0.2) is 41.3 Å². The number of likely N-dealkylation sites (N-methyl/N-ethyl adjacent to an activating group) is 1. The van der Waals surface area contributed by atoms with Crippen molar-refractivity contribution in [2.45, 2.75) is 24.1 Å². The maximum absolute atomic E-state index is 12.3. The van der Waals surface area contributed by atoms with Gasteiger partial charge in [0.1, 0.15) is 6.54 Å². The number of hydrogen-bond donors (Lipinski definition) is 2. The summed E-state index contributed by atoms with van der Waals surface area (Å²) in [4.78, 5) is 13.7. The summed E-state index contributed by atoms with van der Waals surface area (Å²) in [5.41, 5.74) is 2.71. The third kappa shape index (κ3) is 6.38. The fourth-order valence-electron chi connectivity index (χ4n) is 2.80. The van der Waals surface area contributed by atoms with E-state index in [1.807, 2.05) is 26.1 Å². The molecule has 2 rings (SSSR count). The van der Waals surface area contributed by atoms with Crippen molar-refractivity contribution >= 4 is 23.4 Å². The van der Waals surface area contributed by atoms with Gasteiger partial charge >= 0.3 is 0 Å². The number of amides is 1. The Morgan fingerprint density at radius 1 is 1.14 bits per heavy atom. The molecule has 0 aliphatic heterocycles. The molecule has 2 aromatic rings. The molecule has 0 heterocycles. The molecule has 0 aliphatic carbocycles. The molecule has 0 saturated carbocycles. The Morgan fingerprint density at radius 3 is 2.32 bits per heavy atom. The number of hydrogen-bond acceptors (Lipinski definition) is 4. The van der Waals surface area contributed by atoms with Crippen molar-refractivity contribution in [2.24, 2.45) is 0 Å². The summed E-state index contributed by atoms with van der Waals surface area (Å²) >= 11 is 0.475. The highest BCUT2D eigenvalue weighted by atomic mass is 32.2. The lowest BCUT2D eigenvalue weighted by Crippen LogP contribution is -3.08. The van der Waals surface area contributed by atoms with Crippen molar-refractivity contribution < 1.29 is 27.9 Å². The number of rotatable bonds is 9. The van der Waals surface area contributed by atoms with Crippen molar-refractivity contribution in [1.82, 2.24) is 0 Å². The molecule has 0 spiro atoms. The van der Waals surface area contributed by atoms with Gasteiger partial charge in [-0.15, -0.1) is 0 Å². The molecule has 2 aromatic carbocycles. The van der Waals surface area contributed by atoms with Crippen LogP contribution < -0.4 is 19.7 Å². The summed E-state index contributed by atoms with van der Waals surface area (Å²) in [6.07, 6.45) is 0. The zero-order valence-corrected chi connectivity index (χ0v) is 17.2. The van der Waals surface area contributed by atoms with E-state index in [2.05, 4.69) is 5.32 Å². The lowest BCUT2D eigenvalue weighted by molar-refractivity contribution is -0.885. The van der Waals surface area contributed by atoms with E-state index in [0.717, 1.165) is 16.0 Å². The molecule has 1 amide bonds. The minimum Gasteiger partial charge on any atom is -0.493 e. The smallest absolute Gasteiger partial charge is 0.288 e. The number of ether oxygens (including phenoxy) is 2. The Labute approximate surface area is 168 Å². The highest BCUT2D eigenvalue weighted by Gasteiger charge is 2.15. The van der Waals surface area contributed by atoms with Gasteiger partial charge in [-0.3, -0.25) is 4.79 Å². The van der Waals surface area contributed by atoms with E-state index in [1.54, 1.807) is 38.5 Å². The Kier molecular flexibility index (Phi) is 8.07. The standard InChI is InChI=1S/C20H24F2N2O3S/c1-13-9-17(26-3)18(27-4)10-14(13)11-24(2)12-19(25)23-15-5-7-16(8-6-15)28-20(21)22/h5-10,20H,11-12H2,1-4H3,(H,23,25)/p+1. The Morgan fingerprint density at radius 2 is 1.75 bits per heavy atom. The van der Waals surface area contributed by atoms with Crippen molar-refractivity contribution in [3.63, 3.8) is 0 Å². The minimum atomic E-state index is -2.46. The summed E-state index contributed by atoms with van der Waals surface area (Å²) in [6.45, 7) is 2.90. The van der Waals surface area contributed by atoms with E-state index in [9.17, 15) is 13.6 Å². The fraction of sp³-hybridized carbons (Fsp3) is 0.350. The number of nitrogens with one attached hydrogen (secondary N) is 2. The summed E-state index contributed by atoms with van der Waals surface area (Å²) in [5.74, 6) is -1.28. The zero-order valence-electron chi connectivity index (χ0n) is 16.3. The Balaban J connectivity index is 1.94. The van der Waals surface area contributed by atoms with Crippen LogP contribution >= 0.6 is 11.8 Å². The average Bonchev–Trinajstić information content (AvgIpc) is 2.64. The third-order valence-electron chi connectivity index (χ3n) is 4.16. The lowest BCUT2D eigenvalue weighted by Gasteiger charge is -2.17. The first-order valence-corrected chi connectivity index (χ1v) is 9.58. The van der Waals surface area contributed by atoms with Crippen molar-refractivity contribution in [3.05, 3.63) is 47.5 Å². The summed E-state index contributed by atoms with van der Waals surface area (Å²) in [7, 11) is 5.11. The third-order valence-corrected chi connectivity index (χ3v) is 4.88. The molecule has 152 valence electrons. The number of anilines is 1.